The maximum absolute atomic E-state index is 13.9. The highest BCUT2D eigenvalue weighted by atomic mass is 19.1. The zero-order chi connectivity index (χ0) is 15.4. The number of halogens is 1. The van der Waals surface area contributed by atoms with E-state index in [0.29, 0.717) is 30.5 Å². The zero-order valence-electron chi connectivity index (χ0n) is 12.7. The summed E-state index contributed by atoms with van der Waals surface area (Å²) in [6, 6.07) is 7.00. The minimum absolute atomic E-state index is 0.262. The Morgan fingerprint density at radius 3 is 2.62 bits per heavy atom. The number of nitrogens with two attached hydrogens (primary N) is 1. The van der Waals surface area contributed by atoms with Gasteiger partial charge in [0.1, 0.15) is 5.82 Å². The van der Waals surface area contributed by atoms with Gasteiger partial charge in [-0.3, -0.25) is 0 Å². The van der Waals surface area contributed by atoms with Crippen molar-refractivity contribution in [3.05, 3.63) is 52.6 Å². The van der Waals surface area contributed by atoms with Crippen LogP contribution in [0.3, 0.4) is 0 Å². The minimum atomic E-state index is -0.262. The van der Waals surface area contributed by atoms with Crippen LogP contribution in [-0.4, -0.2) is 9.97 Å². The number of aryl methyl sites for hydroxylation is 1. The lowest BCUT2D eigenvalue weighted by Crippen LogP contribution is -2.08. The van der Waals surface area contributed by atoms with Crippen molar-refractivity contribution >= 4 is 5.95 Å². The maximum Gasteiger partial charge on any atom is 0.223 e. The lowest BCUT2D eigenvalue weighted by molar-refractivity contribution is 0.610. The molecule has 2 rings (SSSR count). The molecule has 0 aliphatic heterocycles. The number of hydrogen-bond acceptors (Lipinski definition) is 4. The minimum Gasteiger partial charge on any atom is -0.350 e. The topological polar surface area (TPSA) is 63.8 Å². The molecule has 1 aromatic heterocycles. The van der Waals surface area contributed by atoms with Crippen LogP contribution < -0.4 is 11.1 Å². The third-order valence-electron chi connectivity index (χ3n) is 3.26. The van der Waals surface area contributed by atoms with Crippen LogP contribution in [0.2, 0.25) is 0 Å². The van der Waals surface area contributed by atoms with Gasteiger partial charge in [-0.1, -0.05) is 26.0 Å². The predicted molar refractivity (Wildman–Crippen MR) is 82.5 cm³/mol. The van der Waals surface area contributed by atoms with Gasteiger partial charge in [0.2, 0.25) is 5.95 Å². The van der Waals surface area contributed by atoms with Crippen LogP contribution in [0.25, 0.3) is 0 Å². The van der Waals surface area contributed by atoms with Crippen molar-refractivity contribution in [3.8, 4) is 0 Å². The maximum atomic E-state index is 13.9. The summed E-state index contributed by atoms with van der Waals surface area (Å²) < 4.78 is 13.9. The number of aromatic nitrogens is 2. The van der Waals surface area contributed by atoms with E-state index in [1.807, 2.05) is 19.1 Å². The molecule has 1 aromatic carbocycles. The molecule has 0 atom stereocenters. The molecule has 0 amide bonds. The Kier molecular flexibility index (Phi) is 4.85. The summed E-state index contributed by atoms with van der Waals surface area (Å²) >= 11 is 0. The first-order valence-electron chi connectivity index (χ1n) is 7.06. The Balaban J connectivity index is 2.13. The highest BCUT2D eigenvalue weighted by Crippen LogP contribution is 2.16. The van der Waals surface area contributed by atoms with Gasteiger partial charge in [-0.15, -0.1) is 0 Å². The summed E-state index contributed by atoms with van der Waals surface area (Å²) in [6.07, 6.45) is 0. The number of rotatable bonds is 5. The first-order valence-corrected chi connectivity index (χ1v) is 7.06. The molecule has 0 spiro atoms. The van der Waals surface area contributed by atoms with Crippen molar-refractivity contribution in [2.24, 2.45) is 5.73 Å². The van der Waals surface area contributed by atoms with Crippen molar-refractivity contribution in [1.82, 2.24) is 9.97 Å². The summed E-state index contributed by atoms with van der Waals surface area (Å²) in [6.45, 7) is 6.77. The van der Waals surface area contributed by atoms with E-state index in [-0.39, 0.29) is 5.82 Å². The molecular weight excluding hydrogens is 267 g/mol. The van der Waals surface area contributed by atoms with Crippen LogP contribution in [-0.2, 0) is 13.1 Å². The Hall–Kier alpha value is -2.01. The molecule has 0 aliphatic carbocycles. The van der Waals surface area contributed by atoms with E-state index < -0.39 is 0 Å². The molecule has 21 heavy (non-hydrogen) atoms. The molecule has 0 aliphatic rings. The van der Waals surface area contributed by atoms with Gasteiger partial charge >= 0.3 is 0 Å². The van der Waals surface area contributed by atoms with Crippen LogP contribution in [0, 0.1) is 12.7 Å². The van der Waals surface area contributed by atoms with Crippen molar-refractivity contribution < 1.29 is 4.39 Å². The highest BCUT2D eigenvalue weighted by Gasteiger charge is 2.07. The highest BCUT2D eigenvalue weighted by molar-refractivity contribution is 5.32. The van der Waals surface area contributed by atoms with Crippen LogP contribution >= 0.6 is 0 Å². The van der Waals surface area contributed by atoms with Gasteiger partial charge in [0.05, 0.1) is 0 Å². The summed E-state index contributed by atoms with van der Waals surface area (Å²) in [7, 11) is 0. The number of anilines is 1. The largest absolute Gasteiger partial charge is 0.350 e. The van der Waals surface area contributed by atoms with Gasteiger partial charge in [0.25, 0.3) is 0 Å². The zero-order valence-corrected chi connectivity index (χ0v) is 12.7. The van der Waals surface area contributed by atoms with Gasteiger partial charge in [-0.25, -0.2) is 14.4 Å². The van der Waals surface area contributed by atoms with Gasteiger partial charge < -0.3 is 11.1 Å². The van der Waals surface area contributed by atoms with Crippen molar-refractivity contribution in [2.75, 3.05) is 5.32 Å². The van der Waals surface area contributed by atoms with Crippen LogP contribution in [0.5, 0.6) is 0 Å². The van der Waals surface area contributed by atoms with E-state index in [2.05, 4.69) is 29.1 Å². The van der Waals surface area contributed by atoms with E-state index in [9.17, 15) is 4.39 Å². The summed E-state index contributed by atoms with van der Waals surface area (Å²) in [5.41, 5.74) is 8.72. The number of benzene rings is 1. The van der Waals surface area contributed by atoms with E-state index >= 15 is 0 Å². The second-order valence-electron chi connectivity index (χ2n) is 5.40. The van der Waals surface area contributed by atoms with Gasteiger partial charge in [-0.05, 0) is 30.5 Å². The second-order valence-corrected chi connectivity index (χ2v) is 5.40. The normalized spacial score (nSPS) is 11.0. The van der Waals surface area contributed by atoms with Gasteiger partial charge in [0, 0.05) is 30.0 Å². The SMILES string of the molecule is Cc1cc(C(C)C)nc(NCc2ccc(CN)cc2F)n1. The Labute approximate surface area is 124 Å². The Morgan fingerprint density at radius 1 is 1.24 bits per heavy atom. The number of nitrogens with one attached hydrogen (secondary N) is 1. The fraction of sp³-hybridized carbons (Fsp3) is 0.375. The molecular formula is C16H21FN4. The Morgan fingerprint density at radius 2 is 2.00 bits per heavy atom. The monoisotopic (exact) mass is 288 g/mol. The lowest BCUT2D eigenvalue weighted by atomic mass is 10.1. The Bertz CT molecular complexity index is 626. The predicted octanol–water partition coefficient (Wildman–Crippen LogP) is 3.12. The fourth-order valence-electron chi connectivity index (χ4n) is 2.00. The lowest BCUT2D eigenvalue weighted by Gasteiger charge is -2.11. The van der Waals surface area contributed by atoms with Crippen molar-refractivity contribution in [2.45, 2.75) is 39.8 Å². The summed E-state index contributed by atoms with van der Waals surface area (Å²) in [5.74, 6) is 0.594. The molecule has 3 N–H and O–H groups in total. The molecule has 2 aromatic rings. The first kappa shape index (κ1) is 15.4. The third-order valence-corrected chi connectivity index (χ3v) is 3.26. The summed E-state index contributed by atoms with van der Waals surface area (Å²) in [5, 5.41) is 3.08. The van der Waals surface area contributed by atoms with Crippen LogP contribution in [0.15, 0.2) is 24.3 Å². The smallest absolute Gasteiger partial charge is 0.223 e. The molecule has 5 heteroatoms. The van der Waals surface area contributed by atoms with E-state index in [0.717, 1.165) is 17.0 Å². The molecule has 0 unspecified atom stereocenters. The molecule has 0 bridgehead atoms. The molecule has 0 fully saturated rings. The molecule has 4 nitrogen and oxygen atoms in total. The third kappa shape index (κ3) is 3.98. The molecule has 0 saturated carbocycles. The van der Waals surface area contributed by atoms with Gasteiger partial charge in [0.15, 0.2) is 0 Å². The van der Waals surface area contributed by atoms with Crippen molar-refractivity contribution in [3.63, 3.8) is 0 Å². The van der Waals surface area contributed by atoms with Crippen molar-refractivity contribution in [1.29, 1.82) is 0 Å². The average molecular weight is 288 g/mol. The van der Waals surface area contributed by atoms with Crippen LogP contribution in [0.1, 0.15) is 42.3 Å². The van der Waals surface area contributed by atoms with Gasteiger partial charge in [-0.2, -0.15) is 0 Å². The van der Waals surface area contributed by atoms with Crippen LogP contribution in [0.4, 0.5) is 10.3 Å². The molecule has 112 valence electrons. The van der Waals surface area contributed by atoms with E-state index in [4.69, 9.17) is 5.73 Å². The number of nitrogens with zero attached hydrogens (tertiary/aromatic N) is 2. The molecule has 0 radical (unpaired) electrons. The van der Waals surface area contributed by atoms with E-state index in [1.165, 1.54) is 6.07 Å². The molecule has 1 heterocycles. The number of hydrogen-bond donors (Lipinski definition) is 2. The fourth-order valence-corrected chi connectivity index (χ4v) is 2.00. The second kappa shape index (κ2) is 6.63. The average Bonchev–Trinajstić information content (AvgIpc) is 2.45. The molecule has 0 saturated heterocycles. The standard InChI is InChI=1S/C16H21FN4/c1-10(2)15-6-11(3)20-16(21-15)19-9-13-5-4-12(8-18)7-14(13)17/h4-7,10H,8-9,18H2,1-3H3,(H,19,20,21). The van der Waals surface area contributed by atoms with E-state index in [1.54, 1.807) is 6.07 Å². The summed E-state index contributed by atoms with van der Waals surface area (Å²) in [4.78, 5) is 8.78. The quantitative estimate of drug-likeness (QED) is 0.887. The first-order chi connectivity index (χ1) is 9.99.